The molecule has 0 saturated heterocycles. The second kappa shape index (κ2) is 6.39. The molecular formula is C15H18N2O4. The number of rotatable bonds is 6. The third-order valence-electron chi connectivity index (χ3n) is 2.82. The van der Waals surface area contributed by atoms with Crippen molar-refractivity contribution in [2.24, 2.45) is 5.92 Å². The van der Waals surface area contributed by atoms with Gasteiger partial charge < -0.3 is 14.4 Å². The number of ether oxygens (including phenoxy) is 1. The molecule has 0 aliphatic heterocycles. The summed E-state index contributed by atoms with van der Waals surface area (Å²) in [5.41, 5.74) is 1.03. The monoisotopic (exact) mass is 290 g/mol. The molecule has 0 aliphatic rings. The molecule has 0 bridgehead atoms. The molecule has 2 aromatic rings. The normalized spacial score (nSPS) is 10.9. The van der Waals surface area contributed by atoms with E-state index in [1.807, 2.05) is 6.92 Å². The minimum atomic E-state index is -1.03. The van der Waals surface area contributed by atoms with E-state index in [-0.39, 0.29) is 12.2 Å². The molecule has 0 fully saturated rings. The fourth-order valence-corrected chi connectivity index (χ4v) is 1.86. The average Bonchev–Trinajstić information content (AvgIpc) is 2.82. The van der Waals surface area contributed by atoms with Crippen molar-refractivity contribution in [2.75, 3.05) is 0 Å². The summed E-state index contributed by atoms with van der Waals surface area (Å²) >= 11 is 0. The minimum absolute atomic E-state index is 0.0504. The molecule has 0 amide bonds. The van der Waals surface area contributed by atoms with E-state index in [0.29, 0.717) is 23.4 Å². The number of carboxylic acids is 1. The lowest BCUT2D eigenvalue weighted by molar-refractivity contribution is 0.0691. The summed E-state index contributed by atoms with van der Waals surface area (Å²) in [5.74, 6) is 0.670. The predicted octanol–water partition coefficient (Wildman–Crippen LogP) is 2.85. The van der Waals surface area contributed by atoms with Crippen molar-refractivity contribution in [3.05, 3.63) is 41.0 Å². The van der Waals surface area contributed by atoms with Crippen molar-refractivity contribution in [1.29, 1.82) is 0 Å². The number of hydrogen-bond donors (Lipinski definition) is 1. The lowest BCUT2D eigenvalue weighted by Crippen LogP contribution is -2.04. The number of aromatic carboxylic acids is 1. The van der Waals surface area contributed by atoms with Crippen LogP contribution in [-0.2, 0) is 13.0 Å². The second-order valence-corrected chi connectivity index (χ2v) is 5.30. The molecule has 0 saturated carbocycles. The molecule has 6 heteroatoms. The molecule has 112 valence electrons. The van der Waals surface area contributed by atoms with Crippen molar-refractivity contribution in [3.63, 3.8) is 0 Å². The van der Waals surface area contributed by atoms with Gasteiger partial charge in [-0.1, -0.05) is 25.1 Å². The van der Waals surface area contributed by atoms with Gasteiger partial charge >= 0.3 is 5.97 Å². The summed E-state index contributed by atoms with van der Waals surface area (Å²) in [5, 5.41) is 13.0. The Morgan fingerprint density at radius 2 is 2.19 bits per heavy atom. The standard InChI is InChI=1S/C15H18N2O4/c1-9(2)6-13-16-14(21-17-13)8-20-12-7-10(3)4-5-11(12)15(18)19/h4-5,7,9H,6,8H2,1-3H3,(H,18,19). The van der Waals surface area contributed by atoms with Crippen LogP contribution >= 0.6 is 0 Å². The van der Waals surface area contributed by atoms with Gasteiger partial charge in [-0.05, 0) is 30.5 Å². The summed E-state index contributed by atoms with van der Waals surface area (Å²) in [6.45, 7) is 6.05. The van der Waals surface area contributed by atoms with E-state index < -0.39 is 5.97 Å². The van der Waals surface area contributed by atoms with E-state index in [1.165, 1.54) is 6.07 Å². The third kappa shape index (κ3) is 4.05. The Labute approximate surface area is 122 Å². The predicted molar refractivity (Wildman–Crippen MR) is 75.3 cm³/mol. The van der Waals surface area contributed by atoms with E-state index in [4.69, 9.17) is 14.4 Å². The zero-order chi connectivity index (χ0) is 15.4. The van der Waals surface area contributed by atoms with Crippen LogP contribution in [0, 0.1) is 12.8 Å². The van der Waals surface area contributed by atoms with E-state index in [0.717, 1.165) is 12.0 Å². The summed E-state index contributed by atoms with van der Waals surface area (Å²) < 4.78 is 10.6. The zero-order valence-electron chi connectivity index (χ0n) is 12.3. The molecule has 1 aromatic heterocycles. The molecule has 0 atom stereocenters. The van der Waals surface area contributed by atoms with E-state index in [1.54, 1.807) is 12.1 Å². The van der Waals surface area contributed by atoms with E-state index in [2.05, 4.69) is 24.0 Å². The first kappa shape index (κ1) is 15.0. The van der Waals surface area contributed by atoms with Crippen LogP contribution in [0.3, 0.4) is 0 Å². The maximum atomic E-state index is 11.1. The second-order valence-electron chi connectivity index (χ2n) is 5.30. The maximum Gasteiger partial charge on any atom is 0.339 e. The van der Waals surface area contributed by atoms with Gasteiger partial charge in [0.05, 0.1) is 0 Å². The van der Waals surface area contributed by atoms with Crippen LogP contribution in [0.15, 0.2) is 22.7 Å². The molecule has 21 heavy (non-hydrogen) atoms. The summed E-state index contributed by atoms with van der Waals surface area (Å²) in [6, 6.07) is 4.92. The van der Waals surface area contributed by atoms with Gasteiger partial charge in [-0.25, -0.2) is 4.79 Å². The number of carbonyl (C=O) groups is 1. The first-order valence-corrected chi connectivity index (χ1v) is 6.74. The van der Waals surface area contributed by atoms with Crippen LogP contribution in [0.5, 0.6) is 5.75 Å². The van der Waals surface area contributed by atoms with Crippen LogP contribution in [0.2, 0.25) is 0 Å². The first-order valence-electron chi connectivity index (χ1n) is 6.74. The Balaban J connectivity index is 2.07. The Hall–Kier alpha value is -2.37. The highest BCUT2D eigenvalue weighted by atomic mass is 16.5. The van der Waals surface area contributed by atoms with Crippen LogP contribution in [0.1, 0.15) is 41.5 Å². The van der Waals surface area contributed by atoms with Crippen molar-refractivity contribution in [1.82, 2.24) is 10.1 Å². The van der Waals surface area contributed by atoms with Crippen LogP contribution < -0.4 is 4.74 Å². The van der Waals surface area contributed by atoms with E-state index in [9.17, 15) is 4.79 Å². The van der Waals surface area contributed by atoms with Gasteiger partial charge in [0.1, 0.15) is 11.3 Å². The molecule has 6 nitrogen and oxygen atoms in total. The third-order valence-corrected chi connectivity index (χ3v) is 2.82. The SMILES string of the molecule is Cc1ccc(C(=O)O)c(OCc2nc(CC(C)C)no2)c1. The highest BCUT2D eigenvalue weighted by Gasteiger charge is 2.13. The van der Waals surface area contributed by atoms with Crippen molar-refractivity contribution in [3.8, 4) is 5.75 Å². The minimum Gasteiger partial charge on any atom is -0.483 e. The fraction of sp³-hybridized carbons (Fsp3) is 0.400. The highest BCUT2D eigenvalue weighted by molar-refractivity contribution is 5.90. The Morgan fingerprint density at radius 1 is 1.43 bits per heavy atom. The largest absolute Gasteiger partial charge is 0.483 e. The number of hydrogen-bond acceptors (Lipinski definition) is 5. The molecular weight excluding hydrogens is 272 g/mol. The molecule has 1 heterocycles. The molecule has 0 spiro atoms. The summed E-state index contributed by atoms with van der Waals surface area (Å²) in [4.78, 5) is 15.4. The van der Waals surface area contributed by atoms with Crippen molar-refractivity contribution in [2.45, 2.75) is 33.8 Å². The quantitative estimate of drug-likeness (QED) is 0.880. The van der Waals surface area contributed by atoms with Crippen LogP contribution in [-0.4, -0.2) is 21.2 Å². The van der Waals surface area contributed by atoms with Gasteiger partial charge in [0.25, 0.3) is 5.89 Å². The lowest BCUT2D eigenvalue weighted by Gasteiger charge is -2.07. The average molecular weight is 290 g/mol. The fourth-order valence-electron chi connectivity index (χ4n) is 1.86. The number of aromatic nitrogens is 2. The van der Waals surface area contributed by atoms with Gasteiger partial charge in [-0.3, -0.25) is 0 Å². The van der Waals surface area contributed by atoms with Crippen molar-refractivity contribution < 1.29 is 19.2 Å². The smallest absolute Gasteiger partial charge is 0.339 e. The number of benzene rings is 1. The van der Waals surface area contributed by atoms with Gasteiger partial charge in [0, 0.05) is 6.42 Å². The van der Waals surface area contributed by atoms with Gasteiger partial charge in [0.2, 0.25) is 0 Å². The zero-order valence-corrected chi connectivity index (χ0v) is 12.3. The van der Waals surface area contributed by atoms with Gasteiger partial charge in [-0.2, -0.15) is 4.98 Å². The highest BCUT2D eigenvalue weighted by Crippen LogP contribution is 2.21. The van der Waals surface area contributed by atoms with Crippen LogP contribution in [0.4, 0.5) is 0 Å². The molecule has 0 aliphatic carbocycles. The maximum absolute atomic E-state index is 11.1. The number of nitrogens with zero attached hydrogens (tertiary/aromatic N) is 2. The number of carboxylic acid groups (broad SMARTS) is 1. The molecule has 1 aromatic carbocycles. The number of aryl methyl sites for hydroxylation is 1. The van der Waals surface area contributed by atoms with Crippen LogP contribution in [0.25, 0.3) is 0 Å². The summed E-state index contributed by atoms with van der Waals surface area (Å²) in [7, 11) is 0. The molecule has 1 N–H and O–H groups in total. The van der Waals surface area contributed by atoms with Crippen molar-refractivity contribution >= 4 is 5.97 Å². The van der Waals surface area contributed by atoms with Gasteiger partial charge in [-0.15, -0.1) is 0 Å². The Bertz CT molecular complexity index is 634. The molecule has 0 unspecified atom stereocenters. The lowest BCUT2D eigenvalue weighted by atomic mass is 10.1. The van der Waals surface area contributed by atoms with Gasteiger partial charge in [0.15, 0.2) is 12.4 Å². The van der Waals surface area contributed by atoms with E-state index >= 15 is 0 Å². The topological polar surface area (TPSA) is 85.5 Å². The Morgan fingerprint density at radius 3 is 2.86 bits per heavy atom. The molecule has 0 radical (unpaired) electrons. The first-order chi connectivity index (χ1) is 9.95. The molecule has 2 rings (SSSR count). The summed E-state index contributed by atoms with van der Waals surface area (Å²) in [6.07, 6.45) is 0.730. The Kier molecular flexibility index (Phi) is 4.57.